The number of pyridine rings is 1. The van der Waals surface area contributed by atoms with Crippen molar-refractivity contribution in [2.75, 3.05) is 0 Å². The smallest absolute Gasteiger partial charge is 0.160 e. The fraction of sp³-hybridized carbons (Fsp3) is 0.0577. The third-order valence-electron chi connectivity index (χ3n) is 11.1. The SMILES string of the molecule is CC1(C)c2ccccc2-c2cc3c(-c4ccccc4)cc(-c4cc(-c5ccccc5)cc(-c5nc(-c6ccccc6)cc(-c6ccccc6)n5)c4)nc3cc21. The molecule has 2 heterocycles. The molecule has 2 aromatic heterocycles. The molecule has 0 amide bonds. The maximum absolute atomic E-state index is 5.50. The van der Waals surface area contributed by atoms with Crippen LogP contribution in [0.5, 0.6) is 0 Å². The molecule has 0 atom stereocenters. The van der Waals surface area contributed by atoms with Gasteiger partial charge in [-0.15, -0.1) is 0 Å². The highest BCUT2D eigenvalue weighted by Gasteiger charge is 2.35. The molecule has 0 radical (unpaired) electrons. The third kappa shape index (κ3) is 5.82. The van der Waals surface area contributed by atoms with Crippen molar-refractivity contribution in [2.45, 2.75) is 19.3 Å². The molecule has 0 unspecified atom stereocenters. The first-order chi connectivity index (χ1) is 27.0. The Hall–Kier alpha value is -6.97. The first-order valence-electron chi connectivity index (χ1n) is 18.9. The first-order valence-corrected chi connectivity index (χ1v) is 18.9. The van der Waals surface area contributed by atoms with E-state index in [2.05, 4.69) is 190 Å². The van der Waals surface area contributed by atoms with Crippen LogP contribution in [-0.4, -0.2) is 15.0 Å². The second-order valence-corrected chi connectivity index (χ2v) is 14.9. The predicted molar refractivity (Wildman–Crippen MR) is 228 cm³/mol. The van der Waals surface area contributed by atoms with Crippen LogP contribution in [-0.2, 0) is 5.41 Å². The van der Waals surface area contributed by atoms with Crippen LogP contribution >= 0.6 is 0 Å². The minimum atomic E-state index is -0.136. The van der Waals surface area contributed by atoms with Gasteiger partial charge in [0.2, 0.25) is 0 Å². The van der Waals surface area contributed by atoms with Crippen LogP contribution < -0.4 is 0 Å². The fourth-order valence-electron chi connectivity index (χ4n) is 8.22. The number of nitrogens with zero attached hydrogens (tertiary/aromatic N) is 3. The molecule has 0 saturated heterocycles. The molecule has 0 fully saturated rings. The van der Waals surface area contributed by atoms with Gasteiger partial charge >= 0.3 is 0 Å². The summed E-state index contributed by atoms with van der Waals surface area (Å²) in [5.74, 6) is 0.667. The van der Waals surface area contributed by atoms with Gasteiger partial charge < -0.3 is 0 Å². The van der Waals surface area contributed by atoms with E-state index in [4.69, 9.17) is 15.0 Å². The Labute approximate surface area is 321 Å². The predicted octanol–water partition coefficient (Wildman–Crippen LogP) is 13.3. The average molecular weight is 704 g/mol. The maximum Gasteiger partial charge on any atom is 0.160 e. The van der Waals surface area contributed by atoms with Crippen molar-refractivity contribution >= 4 is 10.9 Å². The van der Waals surface area contributed by atoms with E-state index in [1.54, 1.807) is 0 Å². The highest BCUT2D eigenvalue weighted by atomic mass is 14.9. The van der Waals surface area contributed by atoms with E-state index in [9.17, 15) is 0 Å². The molecule has 3 nitrogen and oxygen atoms in total. The molecule has 55 heavy (non-hydrogen) atoms. The van der Waals surface area contributed by atoms with Gasteiger partial charge in [0, 0.05) is 33.1 Å². The van der Waals surface area contributed by atoms with E-state index in [0.717, 1.165) is 72.5 Å². The van der Waals surface area contributed by atoms with Crippen LogP contribution in [0.3, 0.4) is 0 Å². The standard InChI is InChI=1S/C52H37N3/c1-52(2)45-26-16-15-25-41(45)43-30-44-42(35-19-9-4-10-20-35)31-47(53-50(44)32-46(43)52)39-27-38(34-17-7-3-8-18-34)28-40(29-39)51-54-48(36-21-11-5-12-22-36)33-49(55-51)37-23-13-6-14-24-37/h3-33H,1-2H3. The van der Waals surface area contributed by atoms with Gasteiger partial charge in [0.25, 0.3) is 0 Å². The summed E-state index contributed by atoms with van der Waals surface area (Å²) in [5, 5.41) is 1.15. The minimum Gasteiger partial charge on any atom is -0.248 e. The van der Waals surface area contributed by atoms with E-state index in [1.807, 2.05) is 12.1 Å². The van der Waals surface area contributed by atoms with Crippen molar-refractivity contribution < 1.29 is 0 Å². The molecule has 7 aromatic carbocycles. The molecular formula is C52H37N3. The van der Waals surface area contributed by atoms with Gasteiger partial charge in [-0.2, -0.15) is 0 Å². The highest BCUT2D eigenvalue weighted by Crippen LogP contribution is 2.50. The van der Waals surface area contributed by atoms with Crippen LogP contribution in [0.4, 0.5) is 0 Å². The van der Waals surface area contributed by atoms with Crippen LogP contribution in [0.1, 0.15) is 25.0 Å². The molecule has 1 aliphatic rings. The van der Waals surface area contributed by atoms with E-state index in [1.165, 1.54) is 22.3 Å². The Morgan fingerprint density at radius 2 is 0.836 bits per heavy atom. The van der Waals surface area contributed by atoms with Gasteiger partial charge in [0.15, 0.2) is 5.82 Å². The summed E-state index contributed by atoms with van der Waals surface area (Å²) in [4.78, 5) is 16.0. The Bertz CT molecular complexity index is 2810. The lowest BCUT2D eigenvalue weighted by Gasteiger charge is -2.22. The van der Waals surface area contributed by atoms with Crippen LogP contribution in [0.2, 0.25) is 0 Å². The van der Waals surface area contributed by atoms with E-state index in [-0.39, 0.29) is 5.41 Å². The molecule has 1 aliphatic carbocycles. The molecule has 10 rings (SSSR count). The zero-order valence-corrected chi connectivity index (χ0v) is 30.7. The summed E-state index contributed by atoms with van der Waals surface area (Å²) in [6.45, 7) is 4.66. The van der Waals surface area contributed by atoms with Crippen LogP contribution in [0, 0.1) is 0 Å². The topological polar surface area (TPSA) is 38.7 Å². The third-order valence-corrected chi connectivity index (χ3v) is 11.1. The van der Waals surface area contributed by atoms with Crippen molar-refractivity contribution in [1.82, 2.24) is 15.0 Å². The van der Waals surface area contributed by atoms with Gasteiger partial charge in [-0.25, -0.2) is 15.0 Å². The summed E-state index contributed by atoms with van der Waals surface area (Å²) in [6.07, 6.45) is 0. The average Bonchev–Trinajstić information content (AvgIpc) is 3.48. The van der Waals surface area contributed by atoms with Gasteiger partial charge in [0.05, 0.1) is 22.6 Å². The largest absolute Gasteiger partial charge is 0.248 e. The van der Waals surface area contributed by atoms with Crippen molar-refractivity contribution in [2.24, 2.45) is 0 Å². The molecular weight excluding hydrogens is 667 g/mol. The second-order valence-electron chi connectivity index (χ2n) is 14.9. The fourth-order valence-corrected chi connectivity index (χ4v) is 8.22. The zero-order chi connectivity index (χ0) is 36.9. The molecule has 0 spiro atoms. The lowest BCUT2D eigenvalue weighted by Crippen LogP contribution is -2.14. The Kier molecular flexibility index (Phi) is 7.81. The van der Waals surface area contributed by atoms with E-state index in [0.29, 0.717) is 5.82 Å². The molecule has 0 N–H and O–H groups in total. The van der Waals surface area contributed by atoms with Gasteiger partial charge in [-0.1, -0.05) is 159 Å². The molecule has 0 bridgehead atoms. The molecule has 0 aliphatic heterocycles. The van der Waals surface area contributed by atoms with E-state index < -0.39 is 0 Å². The minimum absolute atomic E-state index is 0.136. The van der Waals surface area contributed by atoms with Crippen LogP contribution in [0.15, 0.2) is 188 Å². The number of rotatable bonds is 6. The van der Waals surface area contributed by atoms with Gasteiger partial charge in [-0.3, -0.25) is 0 Å². The van der Waals surface area contributed by atoms with Crippen molar-refractivity contribution in [1.29, 1.82) is 0 Å². The molecule has 0 saturated carbocycles. The zero-order valence-electron chi connectivity index (χ0n) is 30.7. The Morgan fingerprint density at radius 3 is 1.47 bits per heavy atom. The number of hydrogen-bond donors (Lipinski definition) is 0. The summed E-state index contributed by atoms with van der Waals surface area (Å²) >= 11 is 0. The Balaban J connectivity index is 1.22. The van der Waals surface area contributed by atoms with E-state index >= 15 is 0 Å². The Morgan fingerprint density at radius 1 is 0.327 bits per heavy atom. The second kappa shape index (κ2) is 13.2. The van der Waals surface area contributed by atoms with Gasteiger partial charge in [-0.05, 0) is 87.0 Å². The normalized spacial score (nSPS) is 12.7. The quantitative estimate of drug-likeness (QED) is 0.173. The highest BCUT2D eigenvalue weighted by molar-refractivity contribution is 6.01. The molecule has 260 valence electrons. The maximum atomic E-state index is 5.50. The van der Waals surface area contributed by atoms with Crippen molar-refractivity contribution in [3.05, 3.63) is 199 Å². The number of fused-ring (bicyclic) bond motifs is 4. The lowest BCUT2D eigenvalue weighted by molar-refractivity contribution is 0.661. The number of hydrogen-bond acceptors (Lipinski definition) is 3. The monoisotopic (exact) mass is 703 g/mol. The number of benzene rings is 7. The van der Waals surface area contributed by atoms with Crippen molar-refractivity contribution in [3.8, 4) is 78.5 Å². The number of aromatic nitrogens is 3. The summed E-state index contributed by atoms with van der Waals surface area (Å²) in [7, 11) is 0. The molecule has 3 heteroatoms. The van der Waals surface area contributed by atoms with Gasteiger partial charge in [0.1, 0.15) is 0 Å². The summed E-state index contributed by atoms with van der Waals surface area (Å²) in [6, 6.07) is 66.5. The summed E-state index contributed by atoms with van der Waals surface area (Å²) < 4.78 is 0. The van der Waals surface area contributed by atoms with Crippen molar-refractivity contribution in [3.63, 3.8) is 0 Å². The molecule has 9 aromatic rings. The first kappa shape index (κ1) is 32.7. The lowest BCUT2D eigenvalue weighted by atomic mass is 9.82. The van der Waals surface area contributed by atoms with Crippen LogP contribution in [0.25, 0.3) is 89.4 Å². The summed E-state index contributed by atoms with van der Waals surface area (Å²) in [5.41, 5.74) is 17.3.